The first kappa shape index (κ1) is 8.71. The van der Waals surface area contributed by atoms with Gasteiger partial charge in [-0.15, -0.1) is 0 Å². The minimum absolute atomic E-state index is 0.590. The molecule has 0 saturated heterocycles. The van der Waals surface area contributed by atoms with E-state index in [1.165, 1.54) is 21.5 Å². The van der Waals surface area contributed by atoms with Gasteiger partial charge in [0, 0.05) is 0 Å². The summed E-state index contributed by atoms with van der Waals surface area (Å²) in [5.41, 5.74) is 0. The fourth-order valence-electron chi connectivity index (χ4n) is 2.70. The molecule has 0 N–H and O–H groups in total. The van der Waals surface area contributed by atoms with Crippen molar-refractivity contribution < 1.29 is 1.37 Å². The van der Waals surface area contributed by atoms with Crippen molar-refractivity contribution in [1.29, 1.82) is 0 Å². The fourth-order valence-corrected chi connectivity index (χ4v) is 2.70. The van der Waals surface area contributed by atoms with E-state index in [0.29, 0.717) is 6.04 Å². The number of rotatable bonds is 0. The molecule has 0 heteroatoms. The van der Waals surface area contributed by atoms with Crippen LogP contribution in [0, 0.1) is 0 Å². The minimum atomic E-state index is 0.590. The van der Waals surface area contributed by atoms with Crippen molar-refractivity contribution in [3.05, 3.63) is 72.8 Å². The van der Waals surface area contributed by atoms with Crippen molar-refractivity contribution in [2.24, 2.45) is 0 Å². The maximum absolute atomic E-state index is 8.00. The standard InChI is InChI=1S/C18H12/c1-3-7-15-13(5-1)9-11-18-16-8-4-2-6-14(16)10-12-17(15)18/h1-12H/i5D. The summed E-state index contributed by atoms with van der Waals surface area (Å²) < 4.78 is 8.00. The first-order chi connectivity index (χ1) is 9.34. The Balaban J connectivity index is 2.29. The van der Waals surface area contributed by atoms with Crippen LogP contribution in [0.2, 0.25) is 0 Å². The molecule has 4 aromatic rings. The van der Waals surface area contributed by atoms with E-state index in [9.17, 15) is 0 Å². The number of hydrogen-bond donors (Lipinski definition) is 0. The van der Waals surface area contributed by atoms with Gasteiger partial charge in [-0.1, -0.05) is 72.8 Å². The Labute approximate surface area is 107 Å². The van der Waals surface area contributed by atoms with Crippen molar-refractivity contribution in [3.63, 3.8) is 0 Å². The lowest BCUT2D eigenvalue weighted by molar-refractivity contribution is 1.77. The molecular formula is C18H12. The Kier molecular flexibility index (Phi) is 1.73. The third kappa shape index (κ3) is 1.26. The topological polar surface area (TPSA) is 0 Å². The maximum Gasteiger partial charge on any atom is 0.0629 e. The molecule has 0 fully saturated rings. The van der Waals surface area contributed by atoms with Crippen molar-refractivity contribution >= 4 is 32.3 Å². The van der Waals surface area contributed by atoms with Crippen LogP contribution in [0.5, 0.6) is 0 Å². The summed E-state index contributed by atoms with van der Waals surface area (Å²) in [6.45, 7) is 0. The van der Waals surface area contributed by atoms with Gasteiger partial charge >= 0.3 is 0 Å². The van der Waals surface area contributed by atoms with Gasteiger partial charge in [-0.3, -0.25) is 0 Å². The molecule has 0 aliphatic carbocycles. The molecule has 0 spiro atoms. The van der Waals surface area contributed by atoms with Crippen molar-refractivity contribution in [2.75, 3.05) is 0 Å². The van der Waals surface area contributed by atoms with E-state index in [1.807, 2.05) is 12.1 Å². The van der Waals surface area contributed by atoms with Crippen LogP contribution in [0.15, 0.2) is 72.8 Å². The zero-order valence-electron chi connectivity index (χ0n) is 10.9. The van der Waals surface area contributed by atoms with Gasteiger partial charge in [0.05, 0.1) is 1.37 Å². The first-order valence-electron chi connectivity index (χ1n) is 6.64. The highest BCUT2D eigenvalue weighted by molar-refractivity contribution is 6.17. The van der Waals surface area contributed by atoms with Crippen molar-refractivity contribution in [2.45, 2.75) is 0 Å². The third-order valence-corrected chi connectivity index (χ3v) is 3.57. The molecule has 0 aliphatic heterocycles. The van der Waals surface area contributed by atoms with E-state index in [4.69, 9.17) is 1.37 Å². The molecule has 0 amide bonds. The van der Waals surface area contributed by atoms with Gasteiger partial charge in [0.1, 0.15) is 0 Å². The van der Waals surface area contributed by atoms with Crippen LogP contribution in [-0.4, -0.2) is 0 Å². The summed E-state index contributed by atoms with van der Waals surface area (Å²) in [7, 11) is 0. The molecule has 0 aromatic heterocycles. The summed E-state index contributed by atoms with van der Waals surface area (Å²) in [5, 5.41) is 7.20. The number of fused-ring (bicyclic) bond motifs is 5. The van der Waals surface area contributed by atoms with Crippen LogP contribution in [0.25, 0.3) is 32.3 Å². The molecule has 0 aliphatic rings. The molecule has 0 unspecified atom stereocenters. The Hall–Kier alpha value is -2.34. The minimum Gasteiger partial charge on any atom is -0.0616 e. The Morgan fingerprint density at radius 1 is 0.500 bits per heavy atom. The molecule has 0 nitrogen and oxygen atoms in total. The smallest absolute Gasteiger partial charge is 0.0616 e. The zero-order chi connectivity index (χ0) is 12.8. The lowest BCUT2D eigenvalue weighted by Gasteiger charge is -2.07. The summed E-state index contributed by atoms with van der Waals surface area (Å²) in [6.07, 6.45) is 0. The van der Waals surface area contributed by atoms with Crippen molar-refractivity contribution in [1.82, 2.24) is 0 Å². The summed E-state index contributed by atoms with van der Waals surface area (Å²) in [6, 6.07) is 23.5. The quantitative estimate of drug-likeness (QED) is 0.366. The molecule has 0 heterocycles. The van der Waals surface area contributed by atoms with Crippen LogP contribution < -0.4 is 0 Å². The first-order valence-corrected chi connectivity index (χ1v) is 6.14. The SMILES string of the molecule is [2H]c1cccc2c1ccc1c3ccccc3ccc21. The van der Waals surface area contributed by atoms with Gasteiger partial charge in [0.25, 0.3) is 0 Å². The van der Waals surface area contributed by atoms with Gasteiger partial charge in [0.15, 0.2) is 0 Å². The molecule has 0 radical (unpaired) electrons. The van der Waals surface area contributed by atoms with Gasteiger partial charge < -0.3 is 0 Å². The van der Waals surface area contributed by atoms with E-state index < -0.39 is 0 Å². The predicted octanol–water partition coefficient (Wildman–Crippen LogP) is 5.15. The van der Waals surface area contributed by atoms with Crippen LogP contribution >= 0.6 is 0 Å². The average Bonchev–Trinajstić information content (AvgIpc) is 2.47. The highest BCUT2D eigenvalue weighted by atomic mass is 14.1. The van der Waals surface area contributed by atoms with E-state index in [1.54, 1.807) is 0 Å². The third-order valence-electron chi connectivity index (χ3n) is 3.57. The summed E-state index contributed by atoms with van der Waals surface area (Å²) >= 11 is 0. The normalized spacial score (nSPS) is 12.1. The van der Waals surface area contributed by atoms with E-state index in [2.05, 4.69) is 54.6 Å². The zero-order valence-corrected chi connectivity index (χ0v) is 9.85. The molecule has 0 bridgehead atoms. The Morgan fingerprint density at radius 3 is 1.94 bits per heavy atom. The molecule has 4 rings (SSSR count). The molecule has 0 atom stereocenters. The van der Waals surface area contributed by atoms with E-state index in [0.717, 1.165) is 10.8 Å². The molecule has 4 aromatic carbocycles. The van der Waals surface area contributed by atoms with Crippen molar-refractivity contribution in [3.8, 4) is 0 Å². The molecule has 18 heavy (non-hydrogen) atoms. The summed E-state index contributed by atoms with van der Waals surface area (Å²) in [4.78, 5) is 0. The van der Waals surface area contributed by atoms with Crippen LogP contribution in [-0.2, 0) is 0 Å². The van der Waals surface area contributed by atoms with Crippen LogP contribution in [0.3, 0.4) is 0 Å². The second kappa shape index (κ2) is 3.58. The molecule has 84 valence electrons. The fraction of sp³-hybridized carbons (Fsp3) is 0. The van der Waals surface area contributed by atoms with E-state index in [-0.39, 0.29) is 0 Å². The van der Waals surface area contributed by atoms with Gasteiger partial charge in [-0.2, -0.15) is 0 Å². The van der Waals surface area contributed by atoms with Gasteiger partial charge in [-0.25, -0.2) is 0 Å². The lowest BCUT2D eigenvalue weighted by atomic mass is 9.97. The Bertz CT molecular complexity index is 922. The predicted molar refractivity (Wildman–Crippen MR) is 79.0 cm³/mol. The highest BCUT2D eigenvalue weighted by Crippen LogP contribution is 2.30. The Morgan fingerprint density at radius 2 is 1.11 bits per heavy atom. The summed E-state index contributed by atoms with van der Waals surface area (Å²) in [5.74, 6) is 0. The maximum atomic E-state index is 8.00. The second-order valence-corrected chi connectivity index (χ2v) is 4.58. The number of hydrogen-bond acceptors (Lipinski definition) is 0. The largest absolute Gasteiger partial charge is 0.0629 e. The van der Waals surface area contributed by atoms with Crippen LogP contribution in [0.4, 0.5) is 0 Å². The van der Waals surface area contributed by atoms with Crippen LogP contribution in [0.1, 0.15) is 1.37 Å². The number of benzene rings is 4. The van der Waals surface area contributed by atoms with Gasteiger partial charge in [0.2, 0.25) is 0 Å². The van der Waals surface area contributed by atoms with E-state index >= 15 is 0 Å². The lowest BCUT2D eigenvalue weighted by Crippen LogP contribution is -1.79. The van der Waals surface area contributed by atoms with Gasteiger partial charge in [-0.05, 0) is 32.3 Å². The average molecular weight is 229 g/mol. The molecule has 0 saturated carbocycles. The monoisotopic (exact) mass is 229 g/mol. The molecular weight excluding hydrogens is 216 g/mol. The highest BCUT2D eigenvalue weighted by Gasteiger charge is 2.03. The second-order valence-electron chi connectivity index (χ2n) is 4.58.